The molecule has 1 aromatic heterocycles. The molecule has 5 heteroatoms. The second kappa shape index (κ2) is 6.44. The van der Waals surface area contributed by atoms with Crippen molar-refractivity contribution < 1.29 is 9.84 Å². The number of hydrogen-bond donors (Lipinski definition) is 2. The molecule has 0 fully saturated rings. The standard InChI is InChI=1S/C10H17N3O2/c1-8-12-4-3-9(13-8)5-11-6-10(14)7-15-2/h3-4,10-11,14H,5-7H2,1-2H3. The fourth-order valence-corrected chi connectivity index (χ4v) is 1.22. The predicted molar refractivity (Wildman–Crippen MR) is 56.4 cm³/mol. The molecule has 0 radical (unpaired) electrons. The van der Waals surface area contributed by atoms with Crippen LogP contribution in [-0.2, 0) is 11.3 Å². The van der Waals surface area contributed by atoms with Crippen molar-refractivity contribution in [3.8, 4) is 0 Å². The first-order chi connectivity index (χ1) is 7.22. The number of methoxy groups -OCH3 is 1. The average molecular weight is 211 g/mol. The van der Waals surface area contributed by atoms with Crippen molar-refractivity contribution in [2.45, 2.75) is 19.6 Å². The van der Waals surface area contributed by atoms with Gasteiger partial charge in [-0.25, -0.2) is 9.97 Å². The highest BCUT2D eigenvalue weighted by atomic mass is 16.5. The van der Waals surface area contributed by atoms with Gasteiger partial charge in [-0.1, -0.05) is 0 Å². The second-order valence-corrected chi connectivity index (χ2v) is 3.34. The van der Waals surface area contributed by atoms with E-state index in [1.807, 2.05) is 13.0 Å². The average Bonchev–Trinajstić information content (AvgIpc) is 2.18. The first kappa shape index (κ1) is 12.0. The van der Waals surface area contributed by atoms with Crippen molar-refractivity contribution in [3.63, 3.8) is 0 Å². The molecule has 1 unspecified atom stereocenters. The number of aryl methyl sites for hydroxylation is 1. The van der Waals surface area contributed by atoms with Crippen molar-refractivity contribution in [3.05, 3.63) is 23.8 Å². The highest BCUT2D eigenvalue weighted by molar-refractivity contribution is 5.00. The van der Waals surface area contributed by atoms with E-state index in [9.17, 15) is 5.11 Å². The minimum absolute atomic E-state index is 0.343. The van der Waals surface area contributed by atoms with Gasteiger partial charge in [-0.2, -0.15) is 0 Å². The fraction of sp³-hybridized carbons (Fsp3) is 0.600. The zero-order valence-corrected chi connectivity index (χ0v) is 9.10. The van der Waals surface area contributed by atoms with Crippen LogP contribution in [0.25, 0.3) is 0 Å². The van der Waals surface area contributed by atoms with E-state index in [4.69, 9.17) is 4.74 Å². The maximum atomic E-state index is 9.36. The van der Waals surface area contributed by atoms with E-state index >= 15 is 0 Å². The van der Waals surface area contributed by atoms with Crippen LogP contribution >= 0.6 is 0 Å². The molecule has 84 valence electrons. The van der Waals surface area contributed by atoms with Crippen molar-refractivity contribution in [1.82, 2.24) is 15.3 Å². The topological polar surface area (TPSA) is 67.3 Å². The summed E-state index contributed by atoms with van der Waals surface area (Å²) in [6.45, 7) is 3.32. The summed E-state index contributed by atoms with van der Waals surface area (Å²) in [7, 11) is 1.57. The lowest BCUT2D eigenvalue weighted by Crippen LogP contribution is -2.29. The second-order valence-electron chi connectivity index (χ2n) is 3.34. The molecule has 0 aromatic carbocycles. The van der Waals surface area contributed by atoms with Crippen LogP contribution in [0.15, 0.2) is 12.3 Å². The molecule has 0 saturated heterocycles. The molecular weight excluding hydrogens is 194 g/mol. The van der Waals surface area contributed by atoms with E-state index in [1.165, 1.54) is 0 Å². The van der Waals surface area contributed by atoms with Crippen LogP contribution in [0, 0.1) is 6.92 Å². The van der Waals surface area contributed by atoms with Crippen molar-refractivity contribution in [2.75, 3.05) is 20.3 Å². The summed E-state index contributed by atoms with van der Waals surface area (Å²) >= 11 is 0. The molecular formula is C10H17N3O2. The SMILES string of the molecule is COCC(O)CNCc1ccnc(C)n1. The van der Waals surface area contributed by atoms with E-state index in [-0.39, 0.29) is 0 Å². The van der Waals surface area contributed by atoms with Crippen molar-refractivity contribution in [2.24, 2.45) is 0 Å². The third-order valence-electron chi connectivity index (χ3n) is 1.88. The lowest BCUT2D eigenvalue weighted by Gasteiger charge is -2.10. The van der Waals surface area contributed by atoms with Crippen molar-refractivity contribution >= 4 is 0 Å². The third kappa shape index (κ3) is 4.83. The Morgan fingerprint density at radius 3 is 3.07 bits per heavy atom. The number of ether oxygens (including phenoxy) is 1. The van der Waals surface area contributed by atoms with Gasteiger partial charge in [-0.05, 0) is 13.0 Å². The van der Waals surface area contributed by atoms with E-state index < -0.39 is 6.10 Å². The summed E-state index contributed by atoms with van der Waals surface area (Å²) in [4.78, 5) is 8.23. The molecule has 15 heavy (non-hydrogen) atoms. The predicted octanol–water partition coefficient (Wildman–Crippen LogP) is -0.118. The molecule has 2 N–H and O–H groups in total. The van der Waals surface area contributed by atoms with Gasteiger partial charge in [0, 0.05) is 26.4 Å². The Kier molecular flexibility index (Phi) is 5.17. The highest BCUT2D eigenvalue weighted by Gasteiger charge is 2.02. The van der Waals surface area contributed by atoms with Crippen LogP contribution in [0.3, 0.4) is 0 Å². The number of nitrogens with one attached hydrogen (secondary N) is 1. The van der Waals surface area contributed by atoms with Gasteiger partial charge < -0.3 is 15.2 Å². The summed E-state index contributed by atoms with van der Waals surface area (Å²) in [5.41, 5.74) is 0.923. The van der Waals surface area contributed by atoms with E-state index in [2.05, 4.69) is 15.3 Å². The maximum absolute atomic E-state index is 9.36. The molecule has 0 amide bonds. The number of aliphatic hydroxyl groups is 1. The molecule has 1 aromatic rings. The Labute approximate surface area is 89.5 Å². The Bertz CT molecular complexity index is 294. The maximum Gasteiger partial charge on any atom is 0.125 e. The number of aliphatic hydroxyl groups excluding tert-OH is 1. The zero-order chi connectivity index (χ0) is 11.1. The smallest absolute Gasteiger partial charge is 0.125 e. The summed E-state index contributed by atoms with van der Waals surface area (Å²) < 4.78 is 4.81. The van der Waals surface area contributed by atoms with Crippen LogP contribution in [-0.4, -0.2) is 41.4 Å². The Morgan fingerprint density at radius 1 is 1.60 bits per heavy atom. The number of aromatic nitrogens is 2. The first-order valence-electron chi connectivity index (χ1n) is 4.88. The Hall–Kier alpha value is -1.04. The number of nitrogens with zero attached hydrogens (tertiary/aromatic N) is 2. The summed E-state index contributed by atoms with van der Waals surface area (Å²) in [6, 6.07) is 1.85. The molecule has 1 rings (SSSR count). The lowest BCUT2D eigenvalue weighted by molar-refractivity contribution is 0.0643. The molecule has 1 heterocycles. The van der Waals surface area contributed by atoms with Crippen LogP contribution in [0.2, 0.25) is 0 Å². The largest absolute Gasteiger partial charge is 0.389 e. The Balaban J connectivity index is 2.25. The van der Waals surface area contributed by atoms with Crippen LogP contribution in [0.4, 0.5) is 0 Å². The Morgan fingerprint density at radius 2 is 2.40 bits per heavy atom. The van der Waals surface area contributed by atoms with Crippen LogP contribution in [0.1, 0.15) is 11.5 Å². The first-order valence-corrected chi connectivity index (χ1v) is 4.88. The van der Waals surface area contributed by atoms with Crippen LogP contribution in [0.5, 0.6) is 0 Å². The lowest BCUT2D eigenvalue weighted by atomic mass is 10.3. The summed E-state index contributed by atoms with van der Waals surface area (Å²) in [5, 5.41) is 12.5. The highest BCUT2D eigenvalue weighted by Crippen LogP contribution is 1.93. The van der Waals surface area contributed by atoms with E-state index in [0.29, 0.717) is 19.7 Å². The van der Waals surface area contributed by atoms with Gasteiger partial charge in [0.2, 0.25) is 0 Å². The monoisotopic (exact) mass is 211 g/mol. The minimum Gasteiger partial charge on any atom is -0.389 e. The van der Waals surface area contributed by atoms with Gasteiger partial charge in [0.25, 0.3) is 0 Å². The molecule has 0 aliphatic carbocycles. The van der Waals surface area contributed by atoms with Gasteiger partial charge in [0.1, 0.15) is 5.82 Å². The van der Waals surface area contributed by atoms with E-state index in [0.717, 1.165) is 11.5 Å². The van der Waals surface area contributed by atoms with E-state index in [1.54, 1.807) is 13.3 Å². The van der Waals surface area contributed by atoms with Gasteiger partial charge in [-0.3, -0.25) is 0 Å². The molecule has 0 aliphatic rings. The molecule has 0 aliphatic heterocycles. The van der Waals surface area contributed by atoms with Gasteiger partial charge in [0.15, 0.2) is 0 Å². The molecule has 0 bridgehead atoms. The van der Waals surface area contributed by atoms with Gasteiger partial charge in [-0.15, -0.1) is 0 Å². The molecule has 5 nitrogen and oxygen atoms in total. The molecule has 1 atom stereocenters. The number of hydrogen-bond acceptors (Lipinski definition) is 5. The van der Waals surface area contributed by atoms with Gasteiger partial charge in [0.05, 0.1) is 18.4 Å². The minimum atomic E-state index is -0.474. The molecule has 0 spiro atoms. The number of rotatable bonds is 6. The summed E-state index contributed by atoms with van der Waals surface area (Å²) in [5.74, 6) is 0.756. The fourth-order valence-electron chi connectivity index (χ4n) is 1.22. The summed E-state index contributed by atoms with van der Waals surface area (Å²) in [6.07, 6.45) is 1.25. The third-order valence-corrected chi connectivity index (χ3v) is 1.88. The van der Waals surface area contributed by atoms with Crippen LogP contribution < -0.4 is 5.32 Å². The quantitative estimate of drug-likeness (QED) is 0.686. The molecule has 0 saturated carbocycles. The normalized spacial score (nSPS) is 12.7. The van der Waals surface area contributed by atoms with Crippen molar-refractivity contribution in [1.29, 1.82) is 0 Å². The van der Waals surface area contributed by atoms with Gasteiger partial charge >= 0.3 is 0 Å². The zero-order valence-electron chi connectivity index (χ0n) is 9.10.